The minimum Gasteiger partial charge on any atom is -0.486 e. The number of carbonyl (C=O) groups is 1. The van der Waals surface area contributed by atoms with Crippen molar-refractivity contribution in [1.29, 1.82) is 0 Å². The fraction of sp³-hybridized carbons (Fsp3) is 0.417. The van der Waals surface area contributed by atoms with Gasteiger partial charge >= 0.3 is 0 Å². The maximum atomic E-state index is 11.6. The van der Waals surface area contributed by atoms with E-state index < -0.39 is 0 Å². The van der Waals surface area contributed by atoms with Crippen LogP contribution in [0.2, 0.25) is 0 Å². The standard InChI is InChI=1S/C12H16N2O3/c13-6-2-5-11(15)14-9-3-1-4-10-12(9)17-8-7-16-10/h1,3-4H,2,5-8,13H2,(H,14,15). The fourth-order valence-electron chi connectivity index (χ4n) is 1.65. The number of amides is 1. The molecule has 0 bridgehead atoms. The third-order valence-corrected chi connectivity index (χ3v) is 2.45. The molecule has 0 fully saturated rings. The first-order valence-corrected chi connectivity index (χ1v) is 5.70. The van der Waals surface area contributed by atoms with Gasteiger partial charge in [-0.2, -0.15) is 0 Å². The highest BCUT2D eigenvalue weighted by molar-refractivity contribution is 5.92. The van der Waals surface area contributed by atoms with Crippen LogP contribution in [0.5, 0.6) is 11.5 Å². The molecule has 5 nitrogen and oxygen atoms in total. The van der Waals surface area contributed by atoms with Crippen molar-refractivity contribution in [3.05, 3.63) is 18.2 Å². The molecule has 0 saturated carbocycles. The lowest BCUT2D eigenvalue weighted by atomic mass is 10.2. The molecule has 1 aromatic rings. The highest BCUT2D eigenvalue weighted by atomic mass is 16.6. The van der Waals surface area contributed by atoms with E-state index in [9.17, 15) is 4.79 Å². The van der Waals surface area contributed by atoms with Crippen LogP contribution in [-0.2, 0) is 4.79 Å². The number of hydrogen-bond acceptors (Lipinski definition) is 4. The number of ether oxygens (including phenoxy) is 2. The second-order valence-corrected chi connectivity index (χ2v) is 3.77. The van der Waals surface area contributed by atoms with E-state index in [1.54, 1.807) is 6.07 Å². The van der Waals surface area contributed by atoms with E-state index in [1.165, 1.54) is 0 Å². The molecule has 17 heavy (non-hydrogen) atoms. The molecule has 0 aromatic heterocycles. The van der Waals surface area contributed by atoms with Crippen molar-refractivity contribution in [3.63, 3.8) is 0 Å². The number of nitrogens with one attached hydrogen (secondary N) is 1. The molecule has 0 aliphatic carbocycles. The van der Waals surface area contributed by atoms with Gasteiger partial charge in [0.2, 0.25) is 5.91 Å². The third-order valence-electron chi connectivity index (χ3n) is 2.45. The second kappa shape index (κ2) is 5.54. The molecule has 0 radical (unpaired) electrons. The van der Waals surface area contributed by atoms with Crippen molar-refractivity contribution < 1.29 is 14.3 Å². The van der Waals surface area contributed by atoms with Crippen LogP contribution >= 0.6 is 0 Å². The summed E-state index contributed by atoms with van der Waals surface area (Å²) in [5.74, 6) is 1.23. The Kier molecular flexibility index (Phi) is 3.82. The molecule has 1 amide bonds. The summed E-state index contributed by atoms with van der Waals surface area (Å²) in [7, 11) is 0. The van der Waals surface area contributed by atoms with E-state index in [0.29, 0.717) is 49.8 Å². The van der Waals surface area contributed by atoms with Crippen LogP contribution in [0.1, 0.15) is 12.8 Å². The smallest absolute Gasteiger partial charge is 0.224 e. The average molecular weight is 236 g/mol. The zero-order chi connectivity index (χ0) is 12.1. The fourth-order valence-corrected chi connectivity index (χ4v) is 1.65. The number of para-hydroxylation sites is 1. The molecule has 92 valence electrons. The summed E-state index contributed by atoms with van der Waals surface area (Å²) in [6.45, 7) is 1.56. The van der Waals surface area contributed by atoms with Crippen molar-refractivity contribution in [1.82, 2.24) is 0 Å². The molecule has 5 heteroatoms. The molecular weight excluding hydrogens is 220 g/mol. The molecule has 0 unspecified atom stereocenters. The van der Waals surface area contributed by atoms with Gasteiger partial charge in [0.15, 0.2) is 11.5 Å². The molecule has 0 atom stereocenters. The van der Waals surface area contributed by atoms with Gasteiger partial charge in [-0.1, -0.05) is 6.07 Å². The summed E-state index contributed by atoms with van der Waals surface area (Å²) in [5.41, 5.74) is 6.01. The van der Waals surface area contributed by atoms with Gasteiger partial charge in [0, 0.05) is 6.42 Å². The first-order valence-electron chi connectivity index (χ1n) is 5.70. The maximum Gasteiger partial charge on any atom is 0.224 e. The predicted octanol–water partition coefficient (Wildman–Crippen LogP) is 1.14. The summed E-state index contributed by atoms with van der Waals surface area (Å²) in [6.07, 6.45) is 1.10. The van der Waals surface area contributed by atoms with Gasteiger partial charge in [0.25, 0.3) is 0 Å². The summed E-state index contributed by atoms with van der Waals surface area (Å²) >= 11 is 0. The minimum absolute atomic E-state index is 0.0574. The van der Waals surface area contributed by atoms with Crippen molar-refractivity contribution in [3.8, 4) is 11.5 Å². The van der Waals surface area contributed by atoms with Gasteiger partial charge in [0.1, 0.15) is 13.2 Å². The van der Waals surface area contributed by atoms with Crippen LogP contribution < -0.4 is 20.5 Å². The van der Waals surface area contributed by atoms with E-state index in [-0.39, 0.29) is 5.91 Å². The van der Waals surface area contributed by atoms with Gasteiger partial charge in [0.05, 0.1) is 5.69 Å². The lowest BCUT2D eigenvalue weighted by Crippen LogP contribution is -2.19. The van der Waals surface area contributed by atoms with Crippen LogP contribution in [0.15, 0.2) is 18.2 Å². The molecule has 3 N–H and O–H groups in total. The summed E-state index contributed by atoms with van der Waals surface area (Å²) in [6, 6.07) is 5.45. The first-order chi connectivity index (χ1) is 8.31. The van der Waals surface area contributed by atoms with Crippen LogP contribution in [0.25, 0.3) is 0 Å². The second-order valence-electron chi connectivity index (χ2n) is 3.77. The van der Waals surface area contributed by atoms with Gasteiger partial charge in [-0.15, -0.1) is 0 Å². The van der Waals surface area contributed by atoms with Gasteiger partial charge in [-0.3, -0.25) is 4.79 Å². The topological polar surface area (TPSA) is 73.6 Å². The molecule has 1 aliphatic heterocycles. The molecule has 1 aromatic carbocycles. The average Bonchev–Trinajstić information content (AvgIpc) is 2.37. The van der Waals surface area contributed by atoms with Crippen molar-refractivity contribution >= 4 is 11.6 Å². The zero-order valence-corrected chi connectivity index (χ0v) is 9.57. The van der Waals surface area contributed by atoms with Crippen molar-refractivity contribution in [2.24, 2.45) is 5.73 Å². The number of nitrogens with two attached hydrogens (primary N) is 1. The molecule has 1 aliphatic rings. The van der Waals surface area contributed by atoms with Gasteiger partial charge in [-0.25, -0.2) is 0 Å². The number of carbonyl (C=O) groups excluding carboxylic acids is 1. The van der Waals surface area contributed by atoms with Crippen LogP contribution in [0.4, 0.5) is 5.69 Å². The Morgan fingerprint density at radius 2 is 2.18 bits per heavy atom. The van der Waals surface area contributed by atoms with E-state index in [4.69, 9.17) is 15.2 Å². The molecule has 0 saturated heterocycles. The zero-order valence-electron chi connectivity index (χ0n) is 9.57. The number of anilines is 1. The van der Waals surface area contributed by atoms with E-state index in [0.717, 1.165) is 0 Å². The lowest BCUT2D eigenvalue weighted by molar-refractivity contribution is -0.116. The highest BCUT2D eigenvalue weighted by Gasteiger charge is 2.16. The third kappa shape index (κ3) is 2.88. The maximum absolute atomic E-state index is 11.6. The minimum atomic E-state index is -0.0574. The summed E-state index contributed by atoms with van der Waals surface area (Å²) in [4.78, 5) is 11.6. The van der Waals surface area contributed by atoms with Crippen LogP contribution in [0.3, 0.4) is 0 Å². The Labute approximate surface area is 99.9 Å². The Hall–Kier alpha value is -1.75. The number of benzene rings is 1. The van der Waals surface area contributed by atoms with Crippen LogP contribution in [0, 0.1) is 0 Å². The van der Waals surface area contributed by atoms with Gasteiger partial charge in [-0.05, 0) is 25.1 Å². The Bertz CT molecular complexity index is 407. The monoisotopic (exact) mass is 236 g/mol. The summed E-state index contributed by atoms with van der Waals surface area (Å²) < 4.78 is 10.9. The van der Waals surface area contributed by atoms with E-state index in [2.05, 4.69) is 5.32 Å². The SMILES string of the molecule is NCCCC(=O)Nc1cccc2c1OCCO2. The largest absolute Gasteiger partial charge is 0.486 e. The number of hydrogen-bond donors (Lipinski definition) is 2. The normalized spacial score (nSPS) is 13.2. The van der Waals surface area contributed by atoms with Crippen LogP contribution in [-0.4, -0.2) is 25.7 Å². The van der Waals surface area contributed by atoms with Crippen molar-refractivity contribution in [2.75, 3.05) is 25.1 Å². The Morgan fingerprint density at radius 1 is 1.35 bits per heavy atom. The Morgan fingerprint density at radius 3 is 3.00 bits per heavy atom. The quantitative estimate of drug-likeness (QED) is 0.822. The Balaban J connectivity index is 2.08. The molecular formula is C12H16N2O3. The molecule has 2 rings (SSSR count). The molecule has 1 heterocycles. The molecule has 0 spiro atoms. The van der Waals surface area contributed by atoms with E-state index in [1.807, 2.05) is 12.1 Å². The van der Waals surface area contributed by atoms with Gasteiger partial charge < -0.3 is 20.5 Å². The predicted molar refractivity (Wildman–Crippen MR) is 64.4 cm³/mol. The van der Waals surface area contributed by atoms with E-state index >= 15 is 0 Å². The number of fused-ring (bicyclic) bond motifs is 1. The van der Waals surface area contributed by atoms with Crippen molar-refractivity contribution in [2.45, 2.75) is 12.8 Å². The summed E-state index contributed by atoms with van der Waals surface area (Å²) in [5, 5.41) is 2.81. The lowest BCUT2D eigenvalue weighted by Gasteiger charge is -2.21. The first kappa shape index (κ1) is 11.7. The number of rotatable bonds is 4. The highest BCUT2D eigenvalue weighted by Crippen LogP contribution is 2.37.